The van der Waals surface area contributed by atoms with Crippen molar-refractivity contribution in [3.63, 3.8) is 0 Å². The summed E-state index contributed by atoms with van der Waals surface area (Å²) in [5.74, 6) is 0.268. The summed E-state index contributed by atoms with van der Waals surface area (Å²) in [5.41, 5.74) is 9.10. The normalized spacial score (nSPS) is 11.8. The monoisotopic (exact) mass is 599 g/mol. The second-order valence-electron chi connectivity index (χ2n) is 10.2. The van der Waals surface area contributed by atoms with E-state index in [9.17, 15) is 13.6 Å². The molecule has 4 rings (SSSR count). The first kappa shape index (κ1) is 31.5. The van der Waals surface area contributed by atoms with Gasteiger partial charge in [0.2, 0.25) is 0 Å². The van der Waals surface area contributed by atoms with Crippen molar-refractivity contribution in [1.82, 2.24) is 9.97 Å². The predicted molar refractivity (Wildman–Crippen MR) is 162 cm³/mol. The van der Waals surface area contributed by atoms with E-state index >= 15 is 0 Å². The summed E-state index contributed by atoms with van der Waals surface area (Å²) >= 11 is 0. The van der Waals surface area contributed by atoms with Crippen LogP contribution in [0.3, 0.4) is 0 Å². The summed E-state index contributed by atoms with van der Waals surface area (Å²) in [6.45, 7) is 3.36. The number of rotatable bonds is 16. The van der Waals surface area contributed by atoms with Crippen LogP contribution < -0.4 is 10.5 Å². The lowest BCUT2D eigenvalue weighted by Crippen LogP contribution is -2.14. The van der Waals surface area contributed by atoms with Gasteiger partial charge in [-0.15, -0.1) is 0 Å². The summed E-state index contributed by atoms with van der Waals surface area (Å²) in [5, 5.41) is 10.8. The summed E-state index contributed by atoms with van der Waals surface area (Å²) in [7, 11) is 1.50. The Morgan fingerprint density at radius 2 is 1.71 bits per heavy atom. The number of hydrogen-bond donors (Lipinski definition) is 2. The highest BCUT2D eigenvalue weighted by Gasteiger charge is 2.20. The summed E-state index contributed by atoms with van der Waals surface area (Å²) in [6.07, 6.45) is 3.60. The number of aromatic nitrogens is 2. The third-order valence-corrected chi connectivity index (χ3v) is 7.14. The molecular formula is C31H36F2N3O5P. The molecule has 1 atom stereocenters. The first-order valence-corrected chi connectivity index (χ1v) is 14.4. The van der Waals surface area contributed by atoms with Crippen LogP contribution in [0, 0.1) is 6.92 Å². The maximum absolute atomic E-state index is 12.7. The lowest BCUT2D eigenvalue weighted by Gasteiger charge is -2.12. The van der Waals surface area contributed by atoms with Crippen molar-refractivity contribution in [2.75, 3.05) is 38.8 Å². The number of alkyl halides is 2. The Balaban J connectivity index is 1.29. The number of aliphatic carboxylic acids is 1. The average molecular weight is 600 g/mol. The molecule has 1 unspecified atom stereocenters. The van der Waals surface area contributed by atoms with Gasteiger partial charge >= 0.3 is 5.97 Å². The summed E-state index contributed by atoms with van der Waals surface area (Å²) in [6, 6.07) is 13.9. The highest BCUT2D eigenvalue weighted by atomic mass is 31.0. The van der Waals surface area contributed by atoms with Gasteiger partial charge in [0.1, 0.15) is 17.9 Å². The SMILES string of the molecule is Cc1cc(OCCOCCOCCC(F)(F)P)ccc1CCc1cnc2c(N)nc3cc(CCC(=O)O)ccc3c2c1. The second kappa shape index (κ2) is 14.6. The topological polar surface area (TPSA) is 117 Å². The van der Waals surface area contributed by atoms with E-state index in [1.54, 1.807) is 0 Å². The van der Waals surface area contributed by atoms with Crippen LogP contribution in [0.1, 0.15) is 35.1 Å². The maximum Gasteiger partial charge on any atom is 0.303 e. The number of nitrogens with two attached hydrogens (primary N) is 1. The van der Waals surface area contributed by atoms with Gasteiger partial charge < -0.3 is 25.1 Å². The molecular weight excluding hydrogens is 563 g/mol. The number of nitrogen functional groups attached to an aromatic ring is 1. The molecule has 0 radical (unpaired) electrons. The van der Waals surface area contributed by atoms with E-state index in [0.717, 1.165) is 51.6 Å². The number of halogens is 2. The largest absolute Gasteiger partial charge is 0.491 e. The lowest BCUT2D eigenvalue weighted by molar-refractivity contribution is -0.136. The number of anilines is 1. The van der Waals surface area contributed by atoms with Gasteiger partial charge in [-0.3, -0.25) is 9.78 Å². The fourth-order valence-corrected chi connectivity index (χ4v) is 4.73. The van der Waals surface area contributed by atoms with Crippen LogP contribution in [0.2, 0.25) is 0 Å². The third kappa shape index (κ3) is 9.28. The van der Waals surface area contributed by atoms with Crippen LogP contribution in [0.25, 0.3) is 21.8 Å². The van der Waals surface area contributed by atoms with Crippen molar-refractivity contribution in [3.05, 3.63) is 70.9 Å². The Morgan fingerprint density at radius 3 is 2.45 bits per heavy atom. The first-order valence-electron chi connectivity index (χ1n) is 13.8. The Labute approximate surface area is 245 Å². The zero-order valence-corrected chi connectivity index (χ0v) is 24.7. The molecule has 224 valence electrons. The Hall–Kier alpha value is -3.46. The third-order valence-electron chi connectivity index (χ3n) is 6.85. The van der Waals surface area contributed by atoms with Crippen LogP contribution in [0.15, 0.2) is 48.7 Å². The smallest absolute Gasteiger partial charge is 0.303 e. The molecule has 2 aromatic heterocycles. The Morgan fingerprint density at radius 1 is 0.952 bits per heavy atom. The molecule has 4 aromatic rings. The molecule has 0 aliphatic carbocycles. The van der Waals surface area contributed by atoms with Gasteiger partial charge in [-0.1, -0.05) is 27.4 Å². The van der Waals surface area contributed by atoms with Crippen LogP contribution >= 0.6 is 9.24 Å². The van der Waals surface area contributed by atoms with E-state index in [2.05, 4.69) is 29.0 Å². The van der Waals surface area contributed by atoms with Gasteiger partial charge in [-0.05, 0) is 72.7 Å². The first-order chi connectivity index (χ1) is 20.1. The molecule has 0 aliphatic heterocycles. The van der Waals surface area contributed by atoms with Crippen molar-refractivity contribution < 1.29 is 32.9 Å². The van der Waals surface area contributed by atoms with Crippen molar-refractivity contribution in [3.8, 4) is 5.75 Å². The van der Waals surface area contributed by atoms with Gasteiger partial charge in [0, 0.05) is 29.8 Å². The molecule has 0 spiro atoms. The summed E-state index contributed by atoms with van der Waals surface area (Å²) in [4.78, 5) is 20.1. The number of hydrogen-bond acceptors (Lipinski definition) is 7. The van der Waals surface area contributed by atoms with Crippen molar-refractivity contribution >= 4 is 42.8 Å². The molecule has 2 heterocycles. The Kier molecular flexibility index (Phi) is 11.0. The van der Waals surface area contributed by atoms with E-state index in [1.165, 1.54) is 14.8 Å². The minimum Gasteiger partial charge on any atom is -0.491 e. The van der Waals surface area contributed by atoms with Crippen molar-refractivity contribution in [2.45, 2.75) is 44.7 Å². The summed E-state index contributed by atoms with van der Waals surface area (Å²) < 4.78 is 41.8. The lowest BCUT2D eigenvalue weighted by atomic mass is 9.99. The molecule has 0 fully saturated rings. The van der Waals surface area contributed by atoms with E-state index in [0.29, 0.717) is 37.6 Å². The van der Waals surface area contributed by atoms with Crippen LogP contribution in [-0.2, 0) is 33.5 Å². The van der Waals surface area contributed by atoms with E-state index < -0.39 is 11.6 Å². The van der Waals surface area contributed by atoms with E-state index in [-0.39, 0.29) is 26.1 Å². The van der Waals surface area contributed by atoms with Crippen LogP contribution in [0.5, 0.6) is 5.75 Å². The standard InChI is InChI=1S/C31H36F2N3O5P/c1-20-16-24(41-15-14-40-13-12-39-11-10-31(32,33)42)7-6-23(20)5-2-22-17-26-25-8-3-21(4-9-28(37)38)18-27(25)36-30(34)29(26)35-19-22/h3,6-8,16-19H,2,4-5,9-15,42H2,1H3,(H2,34,36)(H,37,38). The number of carbonyl (C=O) groups is 1. The Bertz CT molecular complexity index is 1530. The quantitative estimate of drug-likeness (QED) is 0.0951. The number of aryl methyl sites for hydroxylation is 4. The van der Waals surface area contributed by atoms with Gasteiger partial charge in [-0.25, -0.2) is 13.8 Å². The molecule has 42 heavy (non-hydrogen) atoms. The number of benzene rings is 2. The molecule has 11 heteroatoms. The van der Waals surface area contributed by atoms with Gasteiger partial charge in [0.15, 0.2) is 5.82 Å². The number of pyridine rings is 2. The van der Waals surface area contributed by atoms with Gasteiger partial charge in [0.25, 0.3) is 5.66 Å². The molecule has 0 amide bonds. The number of ether oxygens (including phenoxy) is 3. The molecule has 0 aliphatic rings. The van der Waals surface area contributed by atoms with E-state index in [1.807, 2.05) is 36.5 Å². The van der Waals surface area contributed by atoms with Crippen molar-refractivity contribution in [2.24, 2.45) is 0 Å². The number of nitrogens with zero attached hydrogens (tertiary/aromatic N) is 2. The zero-order chi connectivity index (χ0) is 30.1. The molecule has 8 nitrogen and oxygen atoms in total. The molecule has 2 aromatic carbocycles. The van der Waals surface area contributed by atoms with E-state index in [4.69, 9.17) is 25.1 Å². The van der Waals surface area contributed by atoms with Crippen LogP contribution in [-0.4, -0.2) is 59.7 Å². The fourth-order valence-electron chi connectivity index (χ4n) is 4.61. The molecule has 0 saturated carbocycles. The van der Waals surface area contributed by atoms with Crippen molar-refractivity contribution in [1.29, 1.82) is 0 Å². The van der Waals surface area contributed by atoms with Gasteiger partial charge in [-0.2, -0.15) is 0 Å². The van der Waals surface area contributed by atoms with Gasteiger partial charge in [0.05, 0.1) is 31.9 Å². The van der Waals surface area contributed by atoms with Crippen LogP contribution in [0.4, 0.5) is 14.6 Å². The molecule has 0 saturated heterocycles. The minimum absolute atomic E-state index is 0.0132. The number of fused-ring (bicyclic) bond motifs is 3. The second-order valence-corrected chi connectivity index (χ2v) is 11.0. The predicted octanol–water partition coefficient (Wildman–Crippen LogP) is 5.75. The fraction of sp³-hybridized carbons (Fsp3) is 0.387. The molecule has 3 N–H and O–H groups in total. The average Bonchev–Trinajstić information content (AvgIpc) is 2.94. The number of carboxylic acids is 1. The zero-order valence-electron chi connectivity index (χ0n) is 23.6. The maximum atomic E-state index is 12.7. The highest BCUT2D eigenvalue weighted by Crippen LogP contribution is 2.29. The highest BCUT2D eigenvalue weighted by molar-refractivity contribution is 7.18. The minimum atomic E-state index is -2.79. The number of carboxylic acid groups (broad SMARTS) is 1. The molecule has 0 bridgehead atoms.